The normalized spacial score (nSPS) is 13.5. The van der Waals surface area contributed by atoms with Gasteiger partial charge in [0.05, 0.1) is 24.7 Å². The molecule has 0 aromatic rings. The first kappa shape index (κ1) is 28.5. The first-order chi connectivity index (χ1) is 14.9. The van der Waals surface area contributed by atoms with Crippen LogP contribution in [0.5, 0.6) is 0 Å². The van der Waals surface area contributed by atoms with Gasteiger partial charge in [0.25, 0.3) is 0 Å². The molecule has 8 heteroatoms. The van der Waals surface area contributed by atoms with Crippen LogP contribution in [0.3, 0.4) is 0 Å². The Morgan fingerprint density at radius 2 is 1.29 bits per heavy atom. The van der Waals surface area contributed by atoms with E-state index in [-0.39, 0.29) is 17.9 Å². The largest absolute Gasteiger partial charge is 0.235 e. The molecule has 0 aliphatic rings. The molecule has 0 radical (unpaired) electrons. The molecular weight excluding hydrogens is 396 g/mol. The molecule has 172 valence electrons. The molecule has 0 fully saturated rings. The van der Waals surface area contributed by atoms with Crippen LogP contribution in [-0.4, -0.2) is 49.0 Å². The molecule has 0 amide bonds. The molecule has 8 nitrogen and oxygen atoms in total. The maximum atomic E-state index is 11.0. The van der Waals surface area contributed by atoms with Crippen molar-refractivity contribution in [2.45, 2.75) is 96.6 Å². The third kappa shape index (κ3) is 14.2. The number of rotatable bonds is 19. The number of aliphatic imine (C=N–C) groups is 4. The van der Waals surface area contributed by atoms with Gasteiger partial charge < -0.3 is 0 Å². The lowest BCUT2D eigenvalue weighted by atomic mass is 9.78. The zero-order chi connectivity index (χ0) is 23.4. The van der Waals surface area contributed by atoms with Crippen LogP contribution in [0.15, 0.2) is 20.0 Å². The molecule has 3 atom stereocenters. The lowest BCUT2D eigenvalue weighted by Gasteiger charge is -2.31. The molecule has 31 heavy (non-hydrogen) atoms. The number of hydrogen-bond donors (Lipinski definition) is 0. The van der Waals surface area contributed by atoms with Crippen molar-refractivity contribution in [3.05, 3.63) is 0 Å². The minimum atomic E-state index is -0.569. The van der Waals surface area contributed by atoms with Crippen molar-refractivity contribution < 1.29 is 19.2 Å². The van der Waals surface area contributed by atoms with Crippen molar-refractivity contribution in [3.8, 4) is 0 Å². The smallest absolute Gasteiger partial charge is 0.211 e. The highest BCUT2D eigenvalue weighted by molar-refractivity contribution is 5.35. The molecule has 0 saturated heterocycles. The number of nitrogens with zero attached hydrogens (tertiary/aromatic N) is 4. The lowest BCUT2D eigenvalue weighted by Crippen LogP contribution is -2.32. The maximum absolute atomic E-state index is 11.0. The second-order valence-corrected chi connectivity index (χ2v) is 8.54. The van der Waals surface area contributed by atoms with Crippen molar-refractivity contribution in [2.24, 2.45) is 31.8 Å². The molecular formula is C23H36N4O4. The van der Waals surface area contributed by atoms with Crippen LogP contribution in [0, 0.1) is 11.8 Å². The fraction of sp³-hybridized carbons (Fsp3) is 0.826. The predicted octanol–water partition coefficient (Wildman–Crippen LogP) is 4.63. The molecule has 0 aliphatic carbocycles. The number of carbonyl (C=O) groups excluding carboxylic acids is 4. The minimum Gasteiger partial charge on any atom is -0.211 e. The van der Waals surface area contributed by atoms with Gasteiger partial charge in [0, 0.05) is 0 Å². The van der Waals surface area contributed by atoms with Crippen LogP contribution in [0.2, 0.25) is 0 Å². The topological polar surface area (TPSA) is 118 Å². The summed E-state index contributed by atoms with van der Waals surface area (Å²) in [4.78, 5) is 57.4. The molecule has 0 aromatic heterocycles. The van der Waals surface area contributed by atoms with E-state index in [1.54, 1.807) is 24.3 Å². The van der Waals surface area contributed by atoms with Gasteiger partial charge in [0.1, 0.15) is 0 Å². The third-order valence-corrected chi connectivity index (χ3v) is 5.97. The van der Waals surface area contributed by atoms with Crippen molar-refractivity contribution >= 4 is 24.3 Å². The van der Waals surface area contributed by atoms with E-state index in [4.69, 9.17) is 0 Å². The average Bonchev–Trinajstić information content (AvgIpc) is 2.73. The lowest BCUT2D eigenvalue weighted by molar-refractivity contribution is 0.242. The summed E-state index contributed by atoms with van der Waals surface area (Å²) in [5, 5.41) is 0. The van der Waals surface area contributed by atoms with Gasteiger partial charge in [-0.1, -0.05) is 45.4 Å². The Morgan fingerprint density at radius 1 is 0.710 bits per heavy atom. The third-order valence-electron chi connectivity index (χ3n) is 5.97. The fourth-order valence-corrected chi connectivity index (χ4v) is 3.66. The van der Waals surface area contributed by atoms with Crippen LogP contribution < -0.4 is 0 Å². The van der Waals surface area contributed by atoms with E-state index < -0.39 is 5.54 Å². The van der Waals surface area contributed by atoms with Crippen molar-refractivity contribution in [1.82, 2.24) is 0 Å². The first-order valence-corrected chi connectivity index (χ1v) is 11.2. The zero-order valence-corrected chi connectivity index (χ0v) is 19.1. The highest BCUT2D eigenvalue weighted by Gasteiger charge is 2.31. The second kappa shape index (κ2) is 18.3. The van der Waals surface area contributed by atoms with Gasteiger partial charge in [-0.15, -0.1) is 0 Å². The summed E-state index contributed by atoms with van der Waals surface area (Å²) in [5.41, 5.74) is -0.569. The van der Waals surface area contributed by atoms with Gasteiger partial charge in [-0.3, -0.25) is 0 Å². The second-order valence-electron chi connectivity index (χ2n) is 8.54. The predicted molar refractivity (Wildman–Crippen MR) is 119 cm³/mol. The summed E-state index contributed by atoms with van der Waals surface area (Å²) < 4.78 is 0. The zero-order valence-electron chi connectivity index (χ0n) is 19.1. The van der Waals surface area contributed by atoms with E-state index in [2.05, 4.69) is 20.0 Å². The molecule has 3 unspecified atom stereocenters. The molecule has 0 heterocycles. The molecule has 0 saturated carbocycles. The fourth-order valence-electron chi connectivity index (χ4n) is 3.66. The monoisotopic (exact) mass is 432 g/mol. The van der Waals surface area contributed by atoms with Gasteiger partial charge in [-0.25, -0.2) is 34.2 Å². The molecule has 0 N–H and O–H groups in total. The Hall–Kier alpha value is -2.48. The van der Waals surface area contributed by atoms with Crippen LogP contribution in [0.1, 0.15) is 85.0 Å². The molecule has 0 rings (SSSR count). The van der Waals surface area contributed by atoms with E-state index in [9.17, 15) is 19.2 Å². The summed E-state index contributed by atoms with van der Waals surface area (Å²) >= 11 is 0. The Labute approximate surface area is 185 Å². The SMILES string of the molecule is CC(CC(CCN=C=O)C(CCCCCCCCCN=C=O)N=C=O)C(C)(C)N=C=O. The van der Waals surface area contributed by atoms with Crippen LogP contribution in [0.4, 0.5) is 0 Å². The summed E-state index contributed by atoms with van der Waals surface area (Å²) in [7, 11) is 0. The van der Waals surface area contributed by atoms with Crippen LogP contribution in [-0.2, 0) is 19.2 Å². The summed E-state index contributed by atoms with van der Waals surface area (Å²) in [6, 6.07) is -0.195. The van der Waals surface area contributed by atoms with Gasteiger partial charge in [-0.2, -0.15) is 4.99 Å². The van der Waals surface area contributed by atoms with Gasteiger partial charge >= 0.3 is 0 Å². The van der Waals surface area contributed by atoms with E-state index >= 15 is 0 Å². The van der Waals surface area contributed by atoms with Gasteiger partial charge in [-0.05, 0) is 51.4 Å². The van der Waals surface area contributed by atoms with Crippen LogP contribution in [0.25, 0.3) is 0 Å². The molecule has 0 aliphatic heterocycles. The van der Waals surface area contributed by atoms with E-state index in [1.165, 1.54) is 0 Å². The Balaban J connectivity index is 4.72. The van der Waals surface area contributed by atoms with Crippen molar-refractivity contribution in [2.75, 3.05) is 13.1 Å². The van der Waals surface area contributed by atoms with E-state index in [1.807, 2.05) is 20.8 Å². The van der Waals surface area contributed by atoms with Crippen LogP contribution >= 0.6 is 0 Å². The van der Waals surface area contributed by atoms with E-state index in [0.29, 0.717) is 25.9 Å². The number of hydrogen-bond acceptors (Lipinski definition) is 8. The summed E-state index contributed by atoms with van der Waals surface area (Å²) in [6.45, 7) is 6.66. The molecule has 0 aromatic carbocycles. The first-order valence-electron chi connectivity index (χ1n) is 11.2. The van der Waals surface area contributed by atoms with Gasteiger partial charge in [0.15, 0.2) is 0 Å². The summed E-state index contributed by atoms with van der Waals surface area (Å²) in [5.74, 6) is 0.0973. The highest BCUT2D eigenvalue weighted by atomic mass is 16.1. The Bertz CT molecular complexity index is 684. The quantitative estimate of drug-likeness (QED) is 0.168. The van der Waals surface area contributed by atoms with Crippen molar-refractivity contribution in [1.29, 1.82) is 0 Å². The standard InChI is InChI=1S/C23H36N4O4/c1-20(23(2,3)27-19-31)15-21(12-14-25-17-29)22(26-18-30)11-9-7-5-4-6-8-10-13-24-16-28/h20-22H,4-15H2,1-3H3. The maximum Gasteiger partial charge on any atom is 0.235 e. The van der Waals surface area contributed by atoms with E-state index in [0.717, 1.165) is 51.4 Å². The Morgan fingerprint density at radius 3 is 1.87 bits per heavy atom. The number of isocyanates is 4. The molecule has 0 spiro atoms. The van der Waals surface area contributed by atoms with Crippen molar-refractivity contribution in [3.63, 3.8) is 0 Å². The van der Waals surface area contributed by atoms with Gasteiger partial charge in [0.2, 0.25) is 24.3 Å². The minimum absolute atomic E-state index is 0.0352. The highest BCUT2D eigenvalue weighted by Crippen LogP contribution is 2.32. The Kier molecular flexibility index (Phi) is 16.8. The molecule has 0 bridgehead atoms. The summed E-state index contributed by atoms with van der Waals surface area (Å²) in [6.07, 6.45) is 15.8. The number of unbranched alkanes of at least 4 members (excludes halogenated alkanes) is 6. The average molecular weight is 433 g/mol.